The third kappa shape index (κ3) is 6.79. The fourth-order valence-electron chi connectivity index (χ4n) is 3.26. The van der Waals surface area contributed by atoms with Gasteiger partial charge in [-0.3, -0.25) is 9.10 Å². The number of ether oxygens (including phenoxy) is 1. The molecule has 0 spiro atoms. The molecule has 0 unspecified atom stereocenters. The van der Waals surface area contributed by atoms with E-state index < -0.39 is 10.0 Å². The lowest BCUT2D eigenvalue weighted by atomic mass is 10.1. The average molecular weight is 471 g/mol. The predicted octanol–water partition coefficient (Wildman–Crippen LogP) is 4.22. The number of carbonyl (C=O) groups is 1. The summed E-state index contributed by atoms with van der Waals surface area (Å²) in [7, 11) is -3.50. The number of halogens is 1. The standard InChI is InChI=1S/C25H27FN2O4S/c1-18-4-5-19(2)24(16-18)28(33(3,30)31)17-20-6-8-21(9-7-20)25(29)27-14-15-32-23-12-10-22(26)11-13-23/h4-13,16H,14-15,17H2,1-3H3,(H,27,29). The van der Waals surface area contributed by atoms with Crippen molar-refractivity contribution >= 4 is 21.6 Å². The molecule has 6 nitrogen and oxygen atoms in total. The van der Waals surface area contributed by atoms with Crippen molar-refractivity contribution in [2.45, 2.75) is 20.4 Å². The largest absolute Gasteiger partial charge is 0.492 e. The van der Waals surface area contributed by atoms with Crippen LogP contribution in [0, 0.1) is 19.7 Å². The Morgan fingerprint density at radius 3 is 2.30 bits per heavy atom. The van der Waals surface area contributed by atoms with Gasteiger partial charge < -0.3 is 10.1 Å². The first-order valence-corrected chi connectivity index (χ1v) is 12.3. The van der Waals surface area contributed by atoms with Crippen molar-refractivity contribution in [3.05, 3.63) is 94.8 Å². The average Bonchev–Trinajstić information content (AvgIpc) is 2.77. The zero-order valence-corrected chi connectivity index (χ0v) is 19.7. The summed E-state index contributed by atoms with van der Waals surface area (Å²) in [5, 5.41) is 2.76. The third-order valence-electron chi connectivity index (χ3n) is 5.05. The van der Waals surface area contributed by atoms with Crippen LogP contribution in [0.5, 0.6) is 5.75 Å². The van der Waals surface area contributed by atoms with E-state index in [1.165, 1.54) is 34.8 Å². The van der Waals surface area contributed by atoms with Crippen molar-refractivity contribution in [2.75, 3.05) is 23.7 Å². The summed E-state index contributed by atoms with van der Waals surface area (Å²) in [4.78, 5) is 12.4. The van der Waals surface area contributed by atoms with Crippen molar-refractivity contribution < 1.29 is 22.3 Å². The molecule has 33 heavy (non-hydrogen) atoms. The van der Waals surface area contributed by atoms with Crippen LogP contribution in [-0.4, -0.2) is 33.7 Å². The highest BCUT2D eigenvalue weighted by atomic mass is 32.2. The molecule has 3 aromatic rings. The zero-order chi connectivity index (χ0) is 24.0. The van der Waals surface area contributed by atoms with E-state index in [-0.39, 0.29) is 31.4 Å². The Balaban J connectivity index is 1.60. The predicted molar refractivity (Wildman–Crippen MR) is 128 cm³/mol. The van der Waals surface area contributed by atoms with Gasteiger partial charge in [0.1, 0.15) is 18.2 Å². The zero-order valence-electron chi connectivity index (χ0n) is 18.8. The monoisotopic (exact) mass is 470 g/mol. The van der Waals surface area contributed by atoms with Crippen LogP contribution in [0.25, 0.3) is 0 Å². The SMILES string of the molecule is Cc1ccc(C)c(N(Cc2ccc(C(=O)NCCOc3ccc(F)cc3)cc2)S(C)(=O)=O)c1. The molecule has 0 fully saturated rings. The van der Waals surface area contributed by atoms with Gasteiger partial charge in [-0.25, -0.2) is 12.8 Å². The number of aryl methyl sites for hydroxylation is 2. The van der Waals surface area contributed by atoms with Crippen molar-refractivity contribution in [2.24, 2.45) is 0 Å². The van der Waals surface area contributed by atoms with Gasteiger partial charge in [0.15, 0.2) is 0 Å². The molecule has 0 aliphatic heterocycles. The number of hydrogen-bond acceptors (Lipinski definition) is 4. The number of nitrogens with one attached hydrogen (secondary N) is 1. The molecule has 0 bridgehead atoms. The van der Waals surface area contributed by atoms with Crippen molar-refractivity contribution in [3.8, 4) is 5.75 Å². The van der Waals surface area contributed by atoms with Crippen LogP contribution < -0.4 is 14.4 Å². The highest BCUT2D eigenvalue weighted by molar-refractivity contribution is 7.92. The van der Waals surface area contributed by atoms with Crippen LogP contribution in [0.4, 0.5) is 10.1 Å². The molecule has 0 radical (unpaired) electrons. The van der Waals surface area contributed by atoms with Crippen LogP contribution in [0.2, 0.25) is 0 Å². The second kappa shape index (κ2) is 10.5. The topological polar surface area (TPSA) is 75.7 Å². The van der Waals surface area contributed by atoms with Gasteiger partial charge in [-0.1, -0.05) is 24.3 Å². The van der Waals surface area contributed by atoms with Gasteiger partial charge in [0, 0.05) is 5.56 Å². The minimum absolute atomic E-state index is 0.163. The van der Waals surface area contributed by atoms with Crippen LogP contribution in [-0.2, 0) is 16.6 Å². The molecule has 3 rings (SSSR count). The van der Waals surface area contributed by atoms with Gasteiger partial charge in [0.05, 0.1) is 25.0 Å². The molecule has 1 N–H and O–H groups in total. The van der Waals surface area contributed by atoms with Crippen LogP contribution >= 0.6 is 0 Å². The summed E-state index contributed by atoms with van der Waals surface area (Å²) in [5.41, 5.74) is 3.70. The lowest BCUT2D eigenvalue weighted by molar-refractivity contribution is 0.0947. The van der Waals surface area contributed by atoms with E-state index in [9.17, 15) is 17.6 Å². The second-order valence-corrected chi connectivity index (χ2v) is 9.72. The summed E-state index contributed by atoms with van der Waals surface area (Å²) in [6, 6.07) is 18.2. The van der Waals surface area contributed by atoms with E-state index >= 15 is 0 Å². The maximum atomic E-state index is 12.9. The Morgan fingerprint density at radius 2 is 1.67 bits per heavy atom. The Kier molecular flexibility index (Phi) is 7.71. The summed E-state index contributed by atoms with van der Waals surface area (Å²) < 4.78 is 44.7. The molecule has 8 heteroatoms. The molecule has 0 saturated heterocycles. The van der Waals surface area contributed by atoms with E-state index in [4.69, 9.17) is 4.74 Å². The summed E-state index contributed by atoms with van der Waals surface area (Å²) in [5.74, 6) is -0.0826. The second-order valence-electron chi connectivity index (χ2n) is 7.81. The first kappa shape index (κ1) is 24.3. The molecule has 0 aliphatic rings. The Labute approximate surface area is 194 Å². The van der Waals surface area contributed by atoms with E-state index in [1.807, 2.05) is 32.0 Å². The quantitative estimate of drug-likeness (QED) is 0.475. The van der Waals surface area contributed by atoms with Gasteiger partial charge >= 0.3 is 0 Å². The number of carbonyl (C=O) groups excluding carboxylic acids is 1. The number of nitrogens with zero attached hydrogens (tertiary/aromatic N) is 1. The minimum Gasteiger partial charge on any atom is -0.492 e. The van der Waals surface area contributed by atoms with E-state index in [1.54, 1.807) is 24.3 Å². The van der Waals surface area contributed by atoms with Crippen molar-refractivity contribution in [1.82, 2.24) is 5.32 Å². The molecule has 0 aliphatic carbocycles. The molecule has 174 valence electrons. The molecule has 3 aromatic carbocycles. The van der Waals surface area contributed by atoms with Gasteiger partial charge in [-0.05, 0) is 73.0 Å². The Hall–Kier alpha value is -3.39. The molecule has 0 heterocycles. The number of amides is 1. The Bertz CT molecular complexity index is 1210. The summed E-state index contributed by atoms with van der Waals surface area (Å²) in [6.07, 6.45) is 1.19. The van der Waals surface area contributed by atoms with Gasteiger partial charge in [0.25, 0.3) is 5.91 Å². The number of hydrogen-bond donors (Lipinski definition) is 1. The fraction of sp³-hybridized carbons (Fsp3) is 0.240. The van der Waals surface area contributed by atoms with Gasteiger partial charge in [-0.2, -0.15) is 0 Å². The van der Waals surface area contributed by atoms with Crippen molar-refractivity contribution in [1.29, 1.82) is 0 Å². The number of anilines is 1. The molecule has 0 saturated carbocycles. The summed E-state index contributed by atoms with van der Waals surface area (Å²) in [6.45, 7) is 4.49. The van der Waals surface area contributed by atoms with Crippen LogP contribution in [0.1, 0.15) is 27.0 Å². The highest BCUT2D eigenvalue weighted by Crippen LogP contribution is 2.26. The number of rotatable bonds is 9. The molecular formula is C25H27FN2O4S. The molecular weight excluding hydrogens is 443 g/mol. The fourth-order valence-corrected chi connectivity index (χ4v) is 4.20. The van der Waals surface area contributed by atoms with E-state index in [0.717, 1.165) is 16.7 Å². The van der Waals surface area contributed by atoms with Crippen molar-refractivity contribution in [3.63, 3.8) is 0 Å². The summed E-state index contributed by atoms with van der Waals surface area (Å²) >= 11 is 0. The maximum absolute atomic E-state index is 12.9. The maximum Gasteiger partial charge on any atom is 0.251 e. The van der Waals surface area contributed by atoms with Gasteiger partial charge in [0.2, 0.25) is 10.0 Å². The normalized spacial score (nSPS) is 11.2. The highest BCUT2D eigenvalue weighted by Gasteiger charge is 2.20. The van der Waals surface area contributed by atoms with E-state index in [0.29, 0.717) is 17.0 Å². The number of benzene rings is 3. The third-order valence-corrected chi connectivity index (χ3v) is 6.17. The minimum atomic E-state index is -3.50. The first-order valence-electron chi connectivity index (χ1n) is 10.4. The molecule has 1 amide bonds. The first-order chi connectivity index (χ1) is 15.6. The van der Waals surface area contributed by atoms with Gasteiger partial charge in [-0.15, -0.1) is 0 Å². The lowest BCUT2D eigenvalue weighted by Crippen LogP contribution is -2.30. The number of sulfonamides is 1. The van der Waals surface area contributed by atoms with E-state index in [2.05, 4.69) is 5.32 Å². The Morgan fingerprint density at radius 1 is 1.00 bits per heavy atom. The lowest BCUT2D eigenvalue weighted by Gasteiger charge is -2.25. The van der Waals surface area contributed by atoms with Crippen LogP contribution in [0.3, 0.4) is 0 Å². The van der Waals surface area contributed by atoms with Crippen LogP contribution in [0.15, 0.2) is 66.7 Å². The smallest absolute Gasteiger partial charge is 0.251 e. The molecule has 0 atom stereocenters. The molecule has 0 aromatic heterocycles.